The van der Waals surface area contributed by atoms with Gasteiger partial charge in [0.05, 0.1) is 6.54 Å². The number of hydrogen-bond donors (Lipinski definition) is 3. The molecule has 5 heteroatoms. The molecule has 0 aliphatic rings. The van der Waals surface area contributed by atoms with Crippen molar-refractivity contribution in [2.24, 2.45) is 5.92 Å². The second-order valence-corrected chi connectivity index (χ2v) is 3.83. The molecule has 0 spiro atoms. The third-order valence-corrected chi connectivity index (χ3v) is 2.08. The molecule has 1 unspecified atom stereocenters. The van der Waals surface area contributed by atoms with Crippen LogP contribution < -0.4 is 10.6 Å². The summed E-state index contributed by atoms with van der Waals surface area (Å²) in [4.78, 5) is 21.9. The SMILES string of the molecule is CC/C=C(/O)CNC(=O)C(NC=O)C(C)C. The highest BCUT2D eigenvalue weighted by Gasteiger charge is 2.20. The summed E-state index contributed by atoms with van der Waals surface area (Å²) in [6, 6.07) is -0.563. The molecule has 0 aliphatic carbocycles. The number of aliphatic hydroxyl groups excluding tert-OH is 1. The Bertz CT molecular complexity index is 262. The van der Waals surface area contributed by atoms with Crippen LogP contribution in [0.3, 0.4) is 0 Å². The molecule has 0 radical (unpaired) electrons. The number of rotatable bonds is 7. The molecule has 1 atom stereocenters. The van der Waals surface area contributed by atoms with Gasteiger partial charge in [-0.3, -0.25) is 9.59 Å². The fourth-order valence-electron chi connectivity index (χ4n) is 1.24. The molecule has 0 heterocycles. The minimum atomic E-state index is -0.563. The Hall–Kier alpha value is -1.52. The lowest BCUT2D eigenvalue weighted by atomic mass is 10.0. The van der Waals surface area contributed by atoms with E-state index in [9.17, 15) is 14.7 Å². The van der Waals surface area contributed by atoms with E-state index in [-0.39, 0.29) is 24.1 Å². The van der Waals surface area contributed by atoms with Crippen molar-refractivity contribution in [1.82, 2.24) is 10.6 Å². The van der Waals surface area contributed by atoms with Crippen LogP contribution in [-0.4, -0.2) is 30.0 Å². The fraction of sp³-hybridized carbons (Fsp3) is 0.636. The fourth-order valence-corrected chi connectivity index (χ4v) is 1.24. The van der Waals surface area contributed by atoms with E-state index >= 15 is 0 Å². The van der Waals surface area contributed by atoms with Crippen molar-refractivity contribution in [2.75, 3.05) is 6.54 Å². The maximum absolute atomic E-state index is 11.6. The van der Waals surface area contributed by atoms with E-state index in [0.29, 0.717) is 12.8 Å². The minimum Gasteiger partial charge on any atom is -0.511 e. The quantitative estimate of drug-likeness (QED) is 0.444. The van der Waals surface area contributed by atoms with Crippen molar-refractivity contribution in [2.45, 2.75) is 33.2 Å². The Morgan fingerprint density at radius 2 is 2.06 bits per heavy atom. The normalized spacial score (nSPS) is 13.4. The van der Waals surface area contributed by atoms with E-state index in [1.165, 1.54) is 0 Å². The van der Waals surface area contributed by atoms with Crippen LogP contribution in [0.4, 0.5) is 0 Å². The molecule has 16 heavy (non-hydrogen) atoms. The van der Waals surface area contributed by atoms with Gasteiger partial charge in [0.25, 0.3) is 0 Å². The van der Waals surface area contributed by atoms with Gasteiger partial charge in [-0.15, -0.1) is 0 Å². The molecule has 0 saturated carbocycles. The summed E-state index contributed by atoms with van der Waals surface area (Å²) in [5, 5.41) is 14.3. The Balaban J connectivity index is 4.21. The number of allylic oxidation sites excluding steroid dienone is 1. The number of hydrogen-bond acceptors (Lipinski definition) is 3. The van der Waals surface area contributed by atoms with Gasteiger partial charge in [-0.05, 0) is 18.4 Å². The summed E-state index contributed by atoms with van der Waals surface area (Å²) in [6.45, 7) is 5.66. The Labute approximate surface area is 95.9 Å². The van der Waals surface area contributed by atoms with Gasteiger partial charge < -0.3 is 15.7 Å². The summed E-state index contributed by atoms with van der Waals surface area (Å²) in [7, 11) is 0. The number of carbonyl (C=O) groups excluding carboxylic acids is 2. The largest absolute Gasteiger partial charge is 0.511 e. The molecule has 5 nitrogen and oxygen atoms in total. The van der Waals surface area contributed by atoms with E-state index in [2.05, 4.69) is 10.6 Å². The Kier molecular flexibility index (Phi) is 7.00. The monoisotopic (exact) mass is 228 g/mol. The predicted octanol–water partition coefficient (Wildman–Crippen LogP) is 0.725. The smallest absolute Gasteiger partial charge is 0.243 e. The second kappa shape index (κ2) is 7.73. The topological polar surface area (TPSA) is 78.4 Å². The first-order valence-electron chi connectivity index (χ1n) is 5.38. The third kappa shape index (κ3) is 5.38. The van der Waals surface area contributed by atoms with Gasteiger partial charge in [0.15, 0.2) is 0 Å². The highest BCUT2D eigenvalue weighted by Crippen LogP contribution is 2.01. The number of carbonyl (C=O) groups is 2. The zero-order valence-corrected chi connectivity index (χ0v) is 9.99. The van der Waals surface area contributed by atoms with Crippen LogP contribution in [0.15, 0.2) is 11.8 Å². The average Bonchev–Trinajstić information content (AvgIpc) is 2.22. The van der Waals surface area contributed by atoms with Gasteiger partial charge in [0.2, 0.25) is 12.3 Å². The summed E-state index contributed by atoms with van der Waals surface area (Å²) < 4.78 is 0. The number of nitrogens with one attached hydrogen (secondary N) is 2. The van der Waals surface area contributed by atoms with Gasteiger partial charge in [-0.2, -0.15) is 0 Å². The second-order valence-electron chi connectivity index (χ2n) is 3.83. The van der Waals surface area contributed by atoms with E-state index in [1.807, 2.05) is 20.8 Å². The van der Waals surface area contributed by atoms with Crippen molar-refractivity contribution in [3.63, 3.8) is 0 Å². The van der Waals surface area contributed by atoms with Crippen molar-refractivity contribution in [1.29, 1.82) is 0 Å². The minimum absolute atomic E-state index is 0.00231. The Morgan fingerprint density at radius 3 is 2.50 bits per heavy atom. The van der Waals surface area contributed by atoms with Crippen LogP contribution in [0.25, 0.3) is 0 Å². The molecular formula is C11H20N2O3. The van der Waals surface area contributed by atoms with E-state index < -0.39 is 6.04 Å². The van der Waals surface area contributed by atoms with Gasteiger partial charge in [-0.1, -0.05) is 20.8 Å². The maximum Gasteiger partial charge on any atom is 0.243 e. The first-order chi connectivity index (χ1) is 7.52. The summed E-state index contributed by atoms with van der Waals surface area (Å²) >= 11 is 0. The first kappa shape index (κ1) is 14.5. The van der Waals surface area contributed by atoms with Gasteiger partial charge in [-0.25, -0.2) is 0 Å². The van der Waals surface area contributed by atoms with Crippen molar-refractivity contribution in [3.05, 3.63) is 11.8 Å². The lowest BCUT2D eigenvalue weighted by Crippen LogP contribution is -2.47. The highest BCUT2D eigenvalue weighted by atomic mass is 16.3. The van der Waals surface area contributed by atoms with Crippen LogP contribution in [0.1, 0.15) is 27.2 Å². The zero-order chi connectivity index (χ0) is 12.6. The summed E-state index contributed by atoms with van der Waals surface area (Å²) in [6.07, 6.45) is 2.84. The van der Waals surface area contributed by atoms with Crippen molar-refractivity contribution in [3.8, 4) is 0 Å². The van der Waals surface area contributed by atoms with Gasteiger partial charge in [0, 0.05) is 0 Å². The molecule has 0 aromatic rings. The molecule has 0 fully saturated rings. The van der Waals surface area contributed by atoms with Crippen LogP contribution in [0.2, 0.25) is 0 Å². The molecule has 0 aromatic carbocycles. The molecule has 0 aliphatic heterocycles. The Morgan fingerprint density at radius 1 is 1.44 bits per heavy atom. The number of amides is 2. The van der Waals surface area contributed by atoms with Crippen LogP contribution in [0, 0.1) is 5.92 Å². The molecule has 2 amide bonds. The first-order valence-corrected chi connectivity index (χ1v) is 5.38. The zero-order valence-electron chi connectivity index (χ0n) is 9.99. The van der Waals surface area contributed by atoms with Crippen LogP contribution in [-0.2, 0) is 9.59 Å². The molecule has 0 saturated heterocycles. The van der Waals surface area contributed by atoms with E-state index in [0.717, 1.165) is 0 Å². The van der Waals surface area contributed by atoms with E-state index in [1.54, 1.807) is 6.08 Å². The standard InChI is InChI=1S/C11H20N2O3/c1-4-5-9(15)6-12-11(16)10(8(2)3)13-7-14/h5,7-8,10,15H,4,6H2,1-3H3,(H,12,16)(H,13,14)/b9-5+. The van der Waals surface area contributed by atoms with Crippen molar-refractivity contribution >= 4 is 12.3 Å². The molecule has 92 valence electrons. The predicted molar refractivity (Wildman–Crippen MR) is 61.8 cm³/mol. The lowest BCUT2D eigenvalue weighted by Gasteiger charge is -2.19. The molecular weight excluding hydrogens is 208 g/mol. The van der Waals surface area contributed by atoms with Gasteiger partial charge in [0.1, 0.15) is 11.8 Å². The van der Waals surface area contributed by atoms with Crippen LogP contribution >= 0.6 is 0 Å². The molecule has 0 bridgehead atoms. The van der Waals surface area contributed by atoms with E-state index in [4.69, 9.17) is 0 Å². The lowest BCUT2D eigenvalue weighted by molar-refractivity contribution is -0.126. The molecule has 0 aromatic heterocycles. The maximum atomic E-state index is 11.6. The third-order valence-electron chi connectivity index (χ3n) is 2.08. The molecule has 0 rings (SSSR count). The highest BCUT2D eigenvalue weighted by molar-refractivity contribution is 5.83. The summed E-state index contributed by atoms with van der Waals surface area (Å²) in [5.41, 5.74) is 0. The van der Waals surface area contributed by atoms with Gasteiger partial charge >= 0.3 is 0 Å². The number of aliphatic hydroxyl groups is 1. The van der Waals surface area contributed by atoms with Crippen molar-refractivity contribution < 1.29 is 14.7 Å². The van der Waals surface area contributed by atoms with Crippen LogP contribution in [0.5, 0.6) is 0 Å². The summed E-state index contributed by atoms with van der Waals surface area (Å²) in [5.74, 6) is -0.162. The average molecular weight is 228 g/mol. The molecule has 3 N–H and O–H groups in total.